The zero-order valence-corrected chi connectivity index (χ0v) is 11.4. The first-order valence-corrected chi connectivity index (χ1v) is 7.20. The third-order valence-electron chi connectivity index (χ3n) is 4.89. The summed E-state index contributed by atoms with van der Waals surface area (Å²) in [5, 5.41) is 9.03. The molecule has 0 radical (unpaired) electrons. The normalized spacial score (nSPS) is 31.1. The predicted molar refractivity (Wildman–Crippen MR) is 74.4 cm³/mol. The minimum Gasteiger partial charge on any atom is -0.481 e. The number of hydrogen-bond donors (Lipinski definition) is 1. The van der Waals surface area contributed by atoms with Gasteiger partial charge in [0.1, 0.15) is 0 Å². The Balaban J connectivity index is 1.77. The van der Waals surface area contributed by atoms with Crippen molar-refractivity contribution in [2.24, 2.45) is 5.92 Å². The van der Waals surface area contributed by atoms with Crippen molar-refractivity contribution in [2.75, 3.05) is 19.6 Å². The van der Waals surface area contributed by atoms with Crippen molar-refractivity contribution in [1.29, 1.82) is 0 Å². The number of nitrogens with zero attached hydrogens (tertiary/aromatic N) is 1. The molecule has 1 N–H and O–H groups in total. The van der Waals surface area contributed by atoms with E-state index in [2.05, 4.69) is 17.0 Å². The molecular weight excluding hydrogens is 238 g/mol. The highest BCUT2D eigenvalue weighted by Gasteiger charge is 2.34. The number of piperidine rings is 3. The second-order valence-corrected chi connectivity index (χ2v) is 5.97. The summed E-state index contributed by atoms with van der Waals surface area (Å²) in [5.74, 6) is 0.306. The number of carboxylic acids is 1. The fourth-order valence-electron chi connectivity index (χ4n) is 3.52. The zero-order chi connectivity index (χ0) is 13.4. The van der Waals surface area contributed by atoms with Crippen molar-refractivity contribution in [3.05, 3.63) is 35.4 Å². The van der Waals surface area contributed by atoms with Crippen LogP contribution in [0.2, 0.25) is 0 Å². The van der Waals surface area contributed by atoms with Crippen LogP contribution in [-0.2, 0) is 4.79 Å². The van der Waals surface area contributed by atoms with Gasteiger partial charge in [0.25, 0.3) is 0 Å². The van der Waals surface area contributed by atoms with Gasteiger partial charge in [0.05, 0.1) is 5.92 Å². The molecule has 19 heavy (non-hydrogen) atoms. The third-order valence-corrected chi connectivity index (χ3v) is 4.89. The molecular formula is C16H21NO2. The topological polar surface area (TPSA) is 40.5 Å². The maximum absolute atomic E-state index is 11.0. The molecule has 0 spiro atoms. The largest absolute Gasteiger partial charge is 0.481 e. The van der Waals surface area contributed by atoms with E-state index in [9.17, 15) is 4.79 Å². The summed E-state index contributed by atoms with van der Waals surface area (Å²) in [6.45, 7) is 5.44. The molecule has 3 saturated heterocycles. The number of aliphatic carboxylic acids is 1. The fraction of sp³-hybridized carbons (Fsp3) is 0.562. The van der Waals surface area contributed by atoms with Crippen LogP contribution in [0.5, 0.6) is 0 Å². The van der Waals surface area contributed by atoms with Gasteiger partial charge in [0, 0.05) is 6.54 Å². The monoisotopic (exact) mass is 259 g/mol. The molecule has 2 atom stereocenters. The minimum atomic E-state index is -0.754. The van der Waals surface area contributed by atoms with Gasteiger partial charge in [-0.2, -0.15) is 0 Å². The molecule has 1 aromatic rings. The summed E-state index contributed by atoms with van der Waals surface area (Å²) < 4.78 is 0. The van der Waals surface area contributed by atoms with Gasteiger partial charge in [-0.05, 0) is 55.8 Å². The molecule has 2 bridgehead atoms. The average molecular weight is 259 g/mol. The lowest BCUT2D eigenvalue weighted by Gasteiger charge is -2.45. The Morgan fingerprint density at radius 1 is 1.26 bits per heavy atom. The van der Waals surface area contributed by atoms with E-state index in [1.165, 1.54) is 38.0 Å². The standard InChI is InChI=1S/C16H21NO2/c1-11(16(18)19)12-2-4-13(5-3-12)15-10-17-8-6-14(15)7-9-17/h2-5,11,14-15H,6-10H2,1H3,(H,18,19). The summed E-state index contributed by atoms with van der Waals surface area (Å²) >= 11 is 0. The van der Waals surface area contributed by atoms with Crippen LogP contribution < -0.4 is 0 Å². The Labute approximate surface area is 114 Å². The first-order chi connectivity index (χ1) is 9.15. The molecule has 0 saturated carbocycles. The smallest absolute Gasteiger partial charge is 0.310 e. The van der Waals surface area contributed by atoms with Gasteiger partial charge < -0.3 is 10.0 Å². The lowest BCUT2D eigenvalue weighted by atomic mass is 9.75. The highest BCUT2D eigenvalue weighted by molar-refractivity contribution is 5.75. The Kier molecular flexibility index (Phi) is 3.31. The molecule has 3 heteroatoms. The van der Waals surface area contributed by atoms with Crippen LogP contribution in [-0.4, -0.2) is 35.6 Å². The summed E-state index contributed by atoms with van der Waals surface area (Å²) in [7, 11) is 0. The number of hydrogen-bond acceptors (Lipinski definition) is 2. The van der Waals surface area contributed by atoms with Crippen LogP contribution in [0.4, 0.5) is 0 Å². The Hall–Kier alpha value is -1.35. The second-order valence-electron chi connectivity index (χ2n) is 5.97. The number of benzene rings is 1. The molecule has 3 aliphatic heterocycles. The van der Waals surface area contributed by atoms with Crippen molar-refractivity contribution < 1.29 is 9.90 Å². The SMILES string of the molecule is CC(C(=O)O)c1ccc(C2CN3CCC2CC3)cc1. The molecule has 3 nitrogen and oxygen atoms in total. The molecule has 3 heterocycles. The van der Waals surface area contributed by atoms with Crippen molar-refractivity contribution in [3.8, 4) is 0 Å². The van der Waals surface area contributed by atoms with E-state index < -0.39 is 11.9 Å². The van der Waals surface area contributed by atoms with Gasteiger partial charge in [-0.15, -0.1) is 0 Å². The van der Waals surface area contributed by atoms with E-state index in [-0.39, 0.29) is 0 Å². The van der Waals surface area contributed by atoms with Crippen LogP contribution in [0.3, 0.4) is 0 Å². The van der Waals surface area contributed by atoms with Crippen LogP contribution >= 0.6 is 0 Å². The minimum absolute atomic E-state index is 0.416. The van der Waals surface area contributed by atoms with E-state index in [0.717, 1.165) is 11.5 Å². The van der Waals surface area contributed by atoms with Crippen LogP contribution in [0.25, 0.3) is 0 Å². The second kappa shape index (κ2) is 4.97. The summed E-state index contributed by atoms with van der Waals surface area (Å²) in [6.07, 6.45) is 2.63. The van der Waals surface area contributed by atoms with E-state index in [1.807, 2.05) is 12.1 Å². The maximum Gasteiger partial charge on any atom is 0.310 e. The molecule has 2 unspecified atom stereocenters. The van der Waals surface area contributed by atoms with Gasteiger partial charge in [-0.1, -0.05) is 24.3 Å². The molecule has 102 valence electrons. The highest BCUT2D eigenvalue weighted by atomic mass is 16.4. The predicted octanol–water partition coefficient (Wildman–Crippen LogP) is 2.68. The lowest BCUT2D eigenvalue weighted by molar-refractivity contribution is -0.138. The van der Waals surface area contributed by atoms with Gasteiger partial charge in [-0.3, -0.25) is 4.79 Å². The zero-order valence-electron chi connectivity index (χ0n) is 11.4. The van der Waals surface area contributed by atoms with Crippen molar-refractivity contribution in [2.45, 2.75) is 31.6 Å². The van der Waals surface area contributed by atoms with Crippen LogP contribution in [0.1, 0.15) is 42.7 Å². The van der Waals surface area contributed by atoms with Crippen molar-refractivity contribution >= 4 is 5.97 Å². The van der Waals surface area contributed by atoms with E-state index in [0.29, 0.717) is 5.92 Å². The van der Waals surface area contributed by atoms with Crippen LogP contribution in [0.15, 0.2) is 24.3 Å². The van der Waals surface area contributed by atoms with E-state index in [4.69, 9.17) is 5.11 Å². The molecule has 0 aliphatic carbocycles. The quantitative estimate of drug-likeness (QED) is 0.907. The van der Waals surface area contributed by atoms with Crippen molar-refractivity contribution in [1.82, 2.24) is 4.90 Å². The first-order valence-electron chi connectivity index (χ1n) is 7.20. The molecule has 4 rings (SSSR count). The number of carbonyl (C=O) groups is 1. The van der Waals surface area contributed by atoms with Gasteiger partial charge in [0.15, 0.2) is 0 Å². The lowest BCUT2D eigenvalue weighted by Crippen LogP contribution is -2.46. The number of rotatable bonds is 3. The molecule has 0 amide bonds. The average Bonchev–Trinajstić information content (AvgIpc) is 2.47. The molecule has 1 aromatic carbocycles. The molecule has 0 aromatic heterocycles. The summed E-state index contributed by atoms with van der Waals surface area (Å²) in [6, 6.07) is 8.26. The van der Waals surface area contributed by atoms with E-state index in [1.54, 1.807) is 6.92 Å². The van der Waals surface area contributed by atoms with E-state index >= 15 is 0 Å². The van der Waals surface area contributed by atoms with Crippen LogP contribution in [0, 0.1) is 5.92 Å². The Morgan fingerprint density at radius 3 is 2.37 bits per heavy atom. The van der Waals surface area contributed by atoms with Gasteiger partial charge >= 0.3 is 5.97 Å². The fourth-order valence-corrected chi connectivity index (χ4v) is 3.52. The van der Waals surface area contributed by atoms with Gasteiger partial charge in [-0.25, -0.2) is 0 Å². The number of carboxylic acid groups (broad SMARTS) is 1. The maximum atomic E-state index is 11.0. The Morgan fingerprint density at radius 2 is 1.89 bits per heavy atom. The summed E-state index contributed by atoms with van der Waals surface area (Å²) in [5.41, 5.74) is 2.29. The molecule has 3 aliphatic rings. The molecule has 3 fully saturated rings. The van der Waals surface area contributed by atoms with Gasteiger partial charge in [0.2, 0.25) is 0 Å². The highest BCUT2D eigenvalue weighted by Crippen LogP contribution is 2.39. The Bertz CT molecular complexity index is 460. The number of fused-ring (bicyclic) bond motifs is 3. The van der Waals surface area contributed by atoms with Crippen molar-refractivity contribution in [3.63, 3.8) is 0 Å². The first kappa shape index (κ1) is 12.7. The summed E-state index contributed by atoms with van der Waals surface area (Å²) in [4.78, 5) is 13.5. The third kappa shape index (κ3) is 2.39.